The fourth-order valence-electron chi connectivity index (χ4n) is 2.23. The second kappa shape index (κ2) is 7.82. The zero-order valence-corrected chi connectivity index (χ0v) is 12.9. The molecule has 120 valence electrons. The molecular weight excluding hydrogens is 301 g/mol. The maximum atomic E-state index is 12.8. The first-order chi connectivity index (χ1) is 9.79. The van der Waals surface area contributed by atoms with E-state index in [-0.39, 0.29) is 12.8 Å². The first kappa shape index (κ1) is 18.0. The minimum Gasteiger partial charge on any atom is -0.219 e. The molecule has 0 spiro atoms. The first-order valence-electron chi connectivity index (χ1n) is 7.13. The Morgan fingerprint density at radius 1 is 1.05 bits per heavy atom. The van der Waals surface area contributed by atoms with Crippen molar-refractivity contribution in [1.29, 1.82) is 0 Å². The Hall–Kier alpha value is -1.04. The lowest BCUT2D eigenvalue weighted by Gasteiger charge is -2.19. The van der Waals surface area contributed by atoms with E-state index >= 15 is 0 Å². The highest BCUT2D eigenvalue weighted by Crippen LogP contribution is 2.31. The SMILES string of the molecule is CCCCCCC(Cc1ccccc1)S(=O)(=O)C(F)(F)F. The predicted octanol–water partition coefficient (Wildman–Crippen LogP) is 4.50. The van der Waals surface area contributed by atoms with Crippen molar-refractivity contribution in [3.8, 4) is 0 Å². The molecule has 0 saturated carbocycles. The van der Waals surface area contributed by atoms with Gasteiger partial charge in [-0.1, -0.05) is 62.9 Å². The van der Waals surface area contributed by atoms with Gasteiger partial charge in [0.1, 0.15) is 0 Å². The number of benzene rings is 1. The Morgan fingerprint density at radius 3 is 2.19 bits per heavy atom. The number of unbranched alkanes of at least 4 members (excludes halogenated alkanes) is 3. The van der Waals surface area contributed by atoms with Crippen molar-refractivity contribution in [2.45, 2.75) is 56.2 Å². The molecule has 0 saturated heterocycles. The van der Waals surface area contributed by atoms with Gasteiger partial charge in [-0.25, -0.2) is 8.42 Å². The molecule has 0 aromatic heterocycles. The minimum absolute atomic E-state index is 0.0523. The van der Waals surface area contributed by atoms with Crippen molar-refractivity contribution in [2.24, 2.45) is 0 Å². The van der Waals surface area contributed by atoms with Crippen molar-refractivity contribution in [3.63, 3.8) is 0 Å². The van der Waals surface area contributed by atoms with Crippen molar-refractivity contribution in [1.82, 2.24) is 0 Å². The first-order valence-corrected chi connectivity index (χ1v) is 8.67. The molecule has 21 heavy (non-hydrogen) atoms. The third-order valence-electron chi connectivity index (χ3n) is 3.45. The highest BCUT2D eigenvalue weighted by atomic mass is 32.2. The molecule has 1 rings (SSSR count). The van der Waals surface area contributed by atoms with Crippen molar-refractivity contribution in [3.05, 3.63) is 35.9 Å². The number of hydrogen-bond acceptors (Lipinski definition) is 2. The monoisotopic (exact) mass is 322 g/mol. The number of hydrogen-bond donors (Lipinski definition) is 0. The molecule has 0 heterocycles. The van der Waals surface area contributed by atoms with Crippen LogP contribution in [0.5, 0.6) is 0 Å². The molecule has 0 aliphatic carbocycles. The Balaban J connectivity index is 2.85. The van der Waals surface area contributed by atoms with Gasteiger partial charge in [-0.05, 0) is 18.4 Å². The lowest BCUT2D eigenvalue weighted by Crippen LogP contribution is -2.35. The van der Waals surface area contributed by atoms with Gasteiger partial charge in [-0.3, -0.25) is 0 Å². The van der Waals surface area contributed by atoms with Gasteiger partial charge in [0.15, 0.2) is 0 Å². The Morgan fingerprint density at radius 2 is 1.67 bits per heavy atom. The molecule has 6 heteroatoms. The summed E-state index contributed by atoms with van der Waals surface area (Å²) in [6, 6.07) is 8.46. The largest absolute Gasteiger partial charge is 0.497 e. The van der Waals surface area contributed by atoms with Crippen LogP contribution in [0.2, 0.25) is 0 Å². The zero-order valence-electron chi connectivity index (χ0n) is 12.1. The number of rotatable bonds is 8. The molecule has 1 aromatic rings. The third-order valence-corrected chi connectivity index (χ3v) is 5.37. The fraction of sp³-hybridized carbons (Fsp3) is 0.600. The standard InChI is InChI=1S/C15H21F3O2S/c1-2-3-4-8-11-14(21(19,20)15(16,17)18)12-13-9-6-5-7-10-13/h5-7,9-10,14H,2-4,8,11-12H2,1H3. The van der Waals surface area contributed by atoms with Crippen LogP contribution in [0.4, 0.5) is 13.2 Å². The second-order valence-corrected chi connectivity index (χ2v) is 7.37. The van der Waals surface area contributed by atoms with Crippen molar-refractivity contribution >= 4 is 9.84 Å². The molecular formula is C15H21F3O2S. The van der Waals surface area contributed by atoms with E-state index in [1.165, 1.54) is 0 Å². The summed E-state index contributed by atoms with van der Waals surface area (Å²) in [5.41, 5.74) is -4.57. The summed E-state index contributed by atoms with van der Waals surface area (Å²) >= 11 is 0. The van der Waals surface area contributed by atoms with E-state index in [0.29, 0.717) is 12.0 Å². The quantitative estimate of drug-likeness (QED) is 0.660. The smallest absolute Gasteiger partial charge is 0.219 e. The van der Waals surface area contributed by atoms with Gasteiger partial charge in [0, 0.05) is 0 Å². The van der Waals surface area contributed by atoms with Gasteiger partial charge in [-0.15, -0.1) is 0 Å². The van der Waals surface area contributed by atoms with Crippen LogP contribution in [-0.2, 0) is 16.3 Å². The summed E-state index contributed by atoms with van der Waals surface area (Å²) < 4.78 is 61.7. The molecule has 0 aliphatic heterocycles. The lowest BCUT2D eigenvalue weighted by atomic mass is 10.0. The Bertz CT molecular complexity index is 509. The Kier molecular flexibility index (Phi) is 6.71. The average Bonchev–Trinajstić information content (AvgIpc) is 2.42. The molecule has 0 N–H and O–H groups in total. The van der Waals surface area contributed by atoms with E-state index in [2.05, 4.69) is 0 Å². The van der Waals surface area contributed by atoms with Gasteiger partial charge in [-0.2, -0.15) is 13.2 Å². The zero-order chi connectivity index (χ0) is 15.9. The Labute approximate surface area is 124 Å². The third kappa shape index (κ3) is 5.34. The normalized spacial score (nSPS) is 14.1. The molecule has 0 aliphatic rings. The van der Waals surface area contributed by atoms with E-state index in [1.807, 2.05) is 6.92 Å². The van der Waals surface area contributed by atoms with E-state index in [4.69, 9.17) is 0 Å². The maximum absolute atomic E-state index is 12.8. The van der Waals surface area contributed by atoms with E-state index in [9.17, 15) is 21.6 Å². The molecule has 2 nitrogen and oxygen atoms in total. The van der Waals surface area contributed by atoms with Gasteiger partial charge in [0.25, 0.3) is 9.84 Å². The summed E-state index contributed by atoms with van der Waals surface area (Å²) in [5.74, 6) is 0. The topological polar surface area (TPSA) is 34.1 Å². The molecule has 1 unspecified atom stereocenters. The van der Waals surface area contributed by atoms with Crippen molar-refractivity contribution in [2.75, 3.05) is 0 Å². The van der Waals surface area contributed by atoms with Crippen LogP contribution in [0.3, 0.4) is 0 Å². The second-order valence-electron chi connectivity index (χ2n) is 5.15. The predicted molar refractivity (Wildman–Crippen MR) is 77.7 cm³/mol. The van der Waals surface area contributed by atoms with Gasteiger partial charge in [0.05, 0.1) is 5.25 Å². The lowest BCUT2D eigenvalue weighted by molar-refractivity contribution is -0.0445. The van der Waals surface area contributed by atoms with Crippen LogP contribution in [0, 0.1) is 0 Å². The molecule has 1 aromatic carbocycles. The molecule has 0 amide bonds. The van der Waals surface area contributed by atoms with Crippen LogP contribution < -0.4 is 0 Å². The molecule has 0 fully saturated rings. The summed E-state index contributed by atoms with van der Waals surface area (Å²) in [6.45, 7) is 1.99. The highest BCUT2D eigenvalue weighted by molar-refractivity contribution is 7.92. The van der Waals surface area contributed by atoms with E-state index in [1.54, 1.807) is 30.3 Å². The highest BCUT2D eigenvalue weighted by Gasteiger charge is 2.50. The summed E-state index contributed by atoms with van der Waals surface area (Å²) in [5, 5.41) is -1.39. The molecule has 0 bridgehead atoms. The summed E-state index contributed by atoms with van der Waals surface area (Å²) in [4.78, 5) is 0. The number of alkyl halides is 3. The van der Waals surface area contributed by atoms with Gasteiger partial charge < -0.3 is 0 Å². The van der Waals surface area contributed by atoms with Crippen LogP contribution in [0.15, 0.2) is 30.3 Å². The summed E-state index contributed by atoms with van der Waals surface area (Å²) in [7, 11) is -5.12. The van der Waals surface area contributed by atoms with Crippen molar-refractivity contribution < 1.29 is 21.6 Å². The van der Waals surface area contributed by atoms with E-state index in [0.717, 1.165) is 19.3 Å². The van der Waals surface area contributed by atoms with Crippen LogP contribution >= 0.6 is 0 Å². The minimum atomic E-state index is -5.18. The summed E-state index contributed by atoms with van der Waals surface area (Å²) in [6.07, 6.45) is 3.08. The number of sulfone groups is 1. The fourth-order valence-corrected chi connectivity index (χ4v) is 3.50. The van der Waals surface area contributed by atoms with Gasteiger partial charge >= 0.3 is 5.51 Å². The van der Waals surface area contributed by atoms with Gasteiger partial charge in [0.2, 0.25) is 0 Å². The van der Waals surface area contributed by atoms with Crippen LogP contribution in [0.25, 0.3) is 0 Å². The molecule has 1 atom stereocenters. The average molecular weight is 322 g/mol. The van der Waals surface area contributed by atoms with Crippen LogP contribution in [0.1, 0.15) is 44.6 Å². The number of halogens is 3. The molecule has 0 radical (unpaired) electrons. The van der Waals surface area contributed by atoms with E-state index < -0.39 is 20.6 Å². The maximum Gasteiger partial charge on any atom is 0.497 e. The van der Waals surface area contributed by atoms with Crippen LogP contribution in [-0.4, -0.2) is 19.2 Å².